The van der Waals surface area contributed by atoms with Gasteiger partial charge in [0.15, 0.2) is 0 Å². The number of aryl methyl sites for hydroxylation is 1. The number of hydrogen-bond donors (Lipinski definition) is 1. The Morgan fingerprint density at radius 2 is 1.77 bits per heavy atom. The highest BCUT2D eigenvalue weighted by Crippen LogP contribution is 2.32. The second-order valence-electron chi connectivity index (χ2n) is 6.87. The van der Waals surface area contributed by atoms with Crippen LogP contribution in [0, 0.1) is 0 Å². The third kappa shape index (κ3) is 2.77. The molecular weight excluding hydrogens is 280 g/mol. The summed E-state index contributed by atoms with van der Waals surface area (Å²) in [4.78, 5) is 26.4. The molecule has 0 radical (unpaired) electrons. The Morgan fingerprint density at radius 1 is 1.14 bits per heavy atom. The Hall–Kier alpha value is -1.40. The first-order valence-corrected chi connectivity index (χ1v) is 8.18. The molecule has 3 rings (SSSR count). The number of nitrogens with one attached hydrogen (secondary N) is 1. The fourth-order valence-corrected chi connectivity index (χ4v) is 4.04. The topological polar surface area (TPSA) is 59.3 Å². The molecule has 0 amide bonds. The summed E-state index contributed by atoms with van der Waals surface area (Å²) < 4.78 is 2.65. The molecular formula is C16H26N4O2. The predicted molar refractivity (Wildman–Crippen MR) is 86.0 cm³/mol. The maximum absolute atomic E-state index is 12.2. The van der Waals surface area contributed by atoms with E-state index in [9.17, 15) is 9.59 Å². The molecule has 1 aromatic rings. The molecule has 2 bridgehead atoms. The van der Waals surface area contributed by atoms with Crippen molar-refractivity contribution in [3.8, 4) is 0 Å². The summed E-state index contributed by atoms with van der Waals surface area (Å²) in [7, 11) is 5.47. The van der Waals surface area contributed by atoms with Gasteiger partial charge in [0, 0.05) is 50.5 Å². The molecule has 3 heterocycles. The molecule has 2 unspecified atom stereocenters. The van der Waals surface area contributed by atoms with E-state index < -0.39 is 0 Å². The minimum absolute atomic E-state index is 0.191. The summed E-state index contributed by atoms with van der Waals surface area (Å²) in [5.41, 5.74) is 0.194. The fraction of sp³-hybridized carbons (Fsp3) is 0.750. The SMILES string of the molecule is CN1C2CCCC1CC(NCc1cn(C)c(=O)n(C)c1=O)C2. The lowest BCUT2D eigenvalue weighted by Gasteiger charge is -2.47. The molecule has 0 aromatic carbocycles. The zero-order chi connectivity index (χ0) is 15.9. The van der Waals surface area contributed by atoms with Gasteiger partial charge in [-0.05, 0) is 32.7 Å². The van der Waals surface area contributed by atoms with Gasteiger partial charge in [0.25, 0.3) is 5.56 Å². The Bertz CT molecular complexity index is 649. The van der Waals surface area contributed by atoms with Crippen LogP contribution in [0.5, 0.6) is 0 Å². The van der Waals surface area contributed by atoms with Gasteiger partial charge in [-0.2, -0.15) is 0 Å². The largest absolute Gasteiger partial charge is 0.330 e. The Labute approximate surface area is 130 Å². The smallest absolute Gasteiger partial charge is 0.310 e. The number of piperidine rings is 2. The van der Waals surface area contributed by atoms with Gasteiger partial charge >= 0.3 is 5.69 Å². The summed E-state index contributed by atoms with van der Waals surface area (Å²) in [6.07, 6.45) is 7.87. The lowest BCUT2D eigenvalue weighted by molar-refractivity contribution is 0.0482. The summed E-state index contributed by atoms with van der Waals surface area (Å²) in [6.45, 7) is 0.536. The summed E-state index contributed by atoms with van der Waals surface area (Å²) >= 11 is 0. The quantitative estimate of drug-likeness (QED) is 0.866. The molecule has 2 aliphatic heterocycles. The van der Waals surface area contributed by atoms with Crippen molar-refractivity contribution in [2.75, 3.05) is 7.05 Å². The third-order valence-electron chi connectivity index (χ3n) is 5.44. The number of aromatic nitrogens is 2. The third-order valence-corrected chi connectivity index (χ3v) is 5.44. The molecule has 0 saturated carbocycles. The Morgan fingerprint density at radius 3 is 2.41 bits per heavy atom. The van der Waals surface area contributed by atoms with Crippen molar-refractivity contribution in [2.45, 2.75) is 56.8 Å². The van der Waals surface area contributed by atoms with E-state index in [-0.39, 0.29) is 11.2 Å². The van der Waals surface area contributed by atoms with Crippen LogP contribution in [0.2, 0.25) is 0 Å². The molecule has 2 aliphatic rings. The summed E-state index contributed by atoms with van der Waals surface area (Å²) in [5, 5.41) is 3.55. The van der Waals surface area contributed by atoms with Crippen molar-refractivity contribution in [3.05, 3.63) is 32.6 Å². The number of nitrogens with zero attached hydrogens (tertiary/aromatic N) is 3. The highest BCUT2D eigenvalue weighted by molar-refractivity contribution is 5.06. The fourth-order valence-electron chi connectivity index (χ4n) is 4.04. The van der Waals surface area contributed by atoms with E-state index in [2.05, 4.69) is 17.3 Å². The van der Waals surface area contributed by atoms with E-state index in [1.165, 1.54) is 35.4 Å². The van der Waals surface area contributed by atoms with Gasteiger partial charge in [-0.25, -0.2) is 4.79 Å². The van der Waals surface area contributed by atoms with Gasteiger partial charge in [-0.1, -0.05) is 6.42 Å². The van der Waals surface area contributed by atoms with Crippen LogP contribution in [0.1, 0.15) is 37.7 Å². The lowest BCUT2D eigenvalue weighted by atomic mass is 9.82. The van der Waals surface area contributed by atoms with Gasteiger partial charge in [0.05, 0.1) is 0 Å². The highest BCUT2D eigenvalue weighted by atomic mass is 16.2. The number of rotatable bonds is 3. The van der Waals surface area contributed by atoms with E-state index in [4.69, 9.17) is 0 Å². The second-order valence-corrected chi connectivity index (χ2v) is 6.87. The van der Waals surface area contributed by atoms with Gasteiger partial charge in [-0.15, -0.1) is 0 Å². The lowest BCUT2D eigenvalue weighted by Crippen LogP contribution is -2.54. The molecule has 2 saturated heterocycles. The van der Waals surface area contributed by atoms with E-state index in [0.29, 0.717) is 30.2 Å². The second kappa shape index (κ2) is 6.01. The molecule has 6 nitrogen and oxygen atoms in total. The Balaban J connectivity index is 1.69. The standard InChI is InChI=1S/C16H26N4O2/c1-18-10-11(15(21)20(3)16(18)22)9-17-12-7-13-5-4-6-14(8-12)19(13)2/h10,12-14,17H,4-9H2,1-3H3. The minimum Gasteiger partial charge on any atom is -0.310 e. The zero-order valence-electron chi connectivity index (χ0n) is 13.7. The molecule has 1 N–H and O–H groups in total. The van der Waals surface area contributed by atoms with Crippen molar-refractivity contribution in [1.29, 1.82) is 0 Å². The molecule has 22 heavy (non-hydrogen) atoms. The molecule has 1 aromatic heterocycles. The average molecular weight is 306 g/mol. The molecule has 0 spiro atoms. The van der Waals surface area contributed by atoms with Crippen LogP contribution in [-0.4, -0.2) is 39.2 Å². The van der Waals surface area contributed by atoms with Crippen molar-refractivity contribution >= 4 is 0 Å². The molecule has 2 atom stereocenters. The van der Waals surface area contributed by atoms with Crippen LogP contribution in [0.3, 0.4) is 0 Å². The first-order valence-electron chi connectivity index (χ1n) is 8.18. The van der Waals surface area contributed by atoms with E-state index >= 15 is 0 Å². The van der Waals surface area contributed by atoms with Crippen molar-refractivity contribution < 1.29 is 0 Å². The van der Waals surface area contributed by atoms with Gasteiger partial charge in [-0.3, -0.25) is 9.36 Å². The van der Waals surface area contributed by atoms with Crippen LogP contribution in [0.15, 0.2) is 15.8 Å². The predicted octanol–water partition coefficient (Wildman–Crippen LogP) is 0.189. The Kier molecular flexibility index (Phi) is 4.23. The molecule has 0 aliphatic carbocycles. The first-order chi connectivity index (χ1) is 10.5. The minimum atomic E-state index is -0.275. The molecule has 122 valence electrons. The van der Waals surface area contributed by atoms with Crippen molar-refractivity contribution in [2.24, 2.45) is 14.1 Å². The van der Waals surface area contributed by atoms with Crippen molar-refractivity contribution in [1.82, 2.24) is 19.4 Å². The van der Waals surface area contributed by atoms with Crippen LogP contribution < -0.4 is 16.6 Å². The van der Waals surface area contributed by atoms with E-state index in [1.807, 2.05) is 0 Å². The first kappa shape index (κ1) is 15.5. The summed E-state index contributed by atoms with van der Waals surface area (Å²) in [5.74, 6) is 0. The number of fused-ring (bicyclic) bond motifs is 2. The van der Waals surface area contributed by atoms with Crippen LogP contribution in [0.25, 0.3) is 0 Å². The van der Waals surface area contributed by atoms with Gasteiger partial charge in [0.2, 0.25) is 0 Å². The summed E-state index contributed by atoms with van der Waals surface area (Å²) in [6, 6.07) is 1.81. The van der Waals surface area contributed by atoms with Crippen LogP contribution >= 0.6 is 0 Å². The normalized spacial score (nSPS) is 28.8. The van der Waals surface area contributed by atoms with Crippen molar-refractivity contribution in [3.63, 3.8) is 0 Å². The van der Waals surface area contributed by atoms with E-state index in [0.717, 1.165) is 12.8 Å². The van der Waals surface area contributed by atoms with Crippen LogP contribution in [0.4, 0.5) is 0 Å². The van der Waals surface area contributed by atoms with Gasteiger partial charge in [0.1, 0.15) is 0 Å². The maximum atomic E-state index is 12.2. The zero-order valence-corrected chi connectivity index (χ0v) is 13.7. The monoisotopic (exact) mass is 306 g/mol. The van der Waals surface area contributed by atoms with E-state index in [1.54, 1.807) is 13.2 Å². The molecule has 6 heteroatoms. The number of hydrogen-bond acceptors (Lipinski definition) is 4. The highest BCUT2D eigenvalue weighted by Gasteiger charge is 2.35. The molecule has 2 fully saturated rings. The van der Waals surface area contributed by atoms with Crippen LogP contribution in [-0.2, 0) is 20.6 Å². The maximum Gasteiger partial charge on any atom is 0.330 e. The average Bonchev–Trinajstić information content (AvgIpc) is 2.48. The van der Waals surface area contributed by atoms with Gasteiger partial charge < -0.3 is 14.8 Å².